The topological polar surface area (TPSA) is 97.1 Å². The van der Waals surface area contributed by atoms with E-state index in [1.165, 1.54) is 7.11 Å². The number of carbonyl (C=O) groups is 1. The van der Waals surface area contributed by atoms with Gasteiger partial charge in [0.15, 0.2) is 0 Å². The quantitative estimate of drug-likeness (QED) is 0.562. The lowest BCUT2D eigenvalue weighted by Gasteiger charge is -2.20. The number of aliphatic hydroxyl groups is 1. The Morgan fingerprint density at radius 2 is 2.14 bits per heavy atom. The van der Waals surface area contributed by atoms with Gasteiger partial charge in [-0.05, 0) is 18.2 Å². The second-order valence-electron chi connectivity index (χ2n) is 4.50. The molecule has 21 heavy (non-hydrogen) atoms. The Morgan fingerprint density at radius 1 is 1.38 bits per heavy atom. The van der Waals surface area contributed by atoms with Crippen molar-refractivity contribution < 1.29 is 19.4 Å². The van der Waals surface area contributed by atoms with E-state index in [9.17, 15) is 4.79 Å². The summed E-state index contributed by atoms with van der Waals surface area (Å²) in [6.45, 7) is 1.61. The summed E-state index contributed by atoms with van der Waals surface area (Å²) in [4.78, 5) is 13.9. The summed E-state index contributed by atoms with van der Waals surface area (Å²) in [5.41, 5.74) is 6.77. The van der Waals surface area contributed by atoms with Crippen LogP contribution >= 0.6 is 0 Å². The molecule has 0 atom stereocenters. The van der Waals surface area contributed by atoms with E-state index >= 15 is 0 Å². The van der Waals surface area contributed by atoms with Gasteiger partial charge in [0.25, 0.3) is 0 Å². The van der Waals surface area contributed by atoms with Gasteiger partial charge < -0.3 is 25.6 Å². The molecule has 118 valence electrons. The third-order valence-corrected chi connectivity index (χ3v) is 2.89. The number of carbonyl (C=O) groups excluding carboxylic acids is 1. The molecule has 0 unspecified atom stereocenters. The molecule has 1 aromatic carbocycles. The minimum Gasteiger partial charge on any atom is -0.495 e. The average Bonchev–Trinajstić information content (AvgIpc) is 2.45. The lowest BCUT2D eigenvalue weighted by atomic mass is 10.2. The van der Waals surface area contributed by atoms with Crippen LogP contribution in [0.15, 0.2) is 18.2 Å². The second kappa shape index (κ2) is 9.17. The van der Waals surface area contributed by atoms with Crippen LogP contribution < -0.4 is 15.8 Å². The van der Waals surface area contributed by atoms with E-state index in [0.717, 1.165) is 0 Å². The van der Waals surface area contributed by atoms with Crippen molar-refractivity contribution in [2.24, 2.45) is 0 Å². The summed E-state index contributed by atoms with van der Waals surface area (Å²) in [6.07, 6.45) is 0. The van der Waals surface area contributed by atoms with Crippen LogP contribution in [0.25, 0.3) is 0 Å². The van der Waals surface area contributed by atoms with Crippen LogP contribution in [-0.4, -0.2) is 63.0 Å². The number of hydrogen-bond donors (Lipinski definition) is 3. The lowest BCUT2D eigenvalue weighted by molar-refractivity contribution is -0.117. The number of methoxy groups -OCH3 is 2. The zero-order chi connectivity index (χ0) is 15.7. The molecule has 0 fully saturated rings. The van der Waals surface area contributed by atoms with E-state index in [0.29, 0.717) is 36.8 Å². The molecule has 0 spiro atoms. The van der Waals surface area contributed by atoms with Crippen molar-refractivity contribution in [1.82, 2.24) is 4.90 Å². The minimum absolute atomic E-state index is 0.0153. The van der Waals surface area contributed by atoms with E-state index in [1.54, 1.807) is 30.2 Å². The van der Waals surface area contributed by atoms with E-state index in [2.05, 4.69) is 5.32 Å². The molecule has 0 aromatic heterocycles. The van der Waals surface area contributed by atoms with Gasteiger partial charge in [0.1, 0.15) is 5.75 Å². The van der Waals surface area contributed by atoms with Crippen LogP contribution in [-0.2, 0) is 9.53 Å². The predicted octanol–water partition coefficient (Wildman–Crippen LogP) is 0.157. The molecule has 1 aromatic rings. The number of ether oxygens (including phenoxy) is 2. The van der Waals surface area contributed by atoms with Crippen molar-refractivity contribution in [2.45, 2.75) is 0 Å². The van der Waals surface area contributed by atoms with Crippen molar-refractivity contribution in [3.05, 3.63) is 18.2 Å². The van der Waals surface area contributed by atoms with Crippen LogP contribution in [0.1, 0.15) is 0 Å². The van der Waals surface area contributed by atoms with Crippen LogP contribution in [0.3, 0.4) is 0 Å². The monoisotopic (exact) mass is 297 g/mol. The number of nitrogens with one attached hydrogen (secondary N) is 1. The van der Waals surface area contributed by atoms with E-state index in [4.69, 9.17) is 20.3 Å². The Morgan fingerprint density at radius 3 is 2.76 bits per heavy atom. The van der Waals surface area contributed by atoms with Gasteiger partial charge in [-0.15, -0.1) is 0 Å². The van der Waals surface area contributed by atoms with Gasteiger partial charge in [-0.25, -0.2) is 0 Å². The van der Waals surface area contributed by atoms with Crippen LogP contribution in [0.5, 0.6) is 5.75 Å². The molecular weight excluding hydrogens is 274 g/mol. The Labute approximate surface area is 124 Å². The fraction of sp³-hybridized carbons (Fsp3) is 0.500. The molecular formula is C14H23N3O4. The molecule has 0 aliphatic heterocycles. The third-order valence-electron chi connectivity index (χ3n) is 2.89. The number of hydrogen-bond acceptors (Lipinski definition) is 6. The summed E-state index contributed by atoms with van der Waals surface area (Å²) in [6, 6.07) is 5.04. The molecule has 0 saturated heterocycles. The molecule has 1 rings (SSSR count). The number of nitrogen functional groups attached to an aromatic ring is 1. The molecule has 0 radical (unpaired) electrons. The first-order valence-electron chi connectivity index (χ1n) is 6.66. The number of amides is 1. The summed E-state index contributed by atoms with van der Waals surface area (Å²) in [5, 5.41) is 11.8. The van der Waals surface area contributed by atoms with E-state index < -0.39 is 0 Å². The fourth-order valence-electron chi connectivity index (χ4n) is 1.85. The highest BCUT2D eigenvalue weighted by Gasteiger charge is 2.12. The number of aliphatic hydroxyl groups excluding tert-OH is 1. The Balaban J connectivity index is 2.64. The fourth-order valence-corrected chi connectivity index (χ4v) is 1.85. The normalized spacial score (nSPS) is 10.7. The first kappa shape index (κ1) is 17.2. The number of benzene rings is 1. The van der Waals surface area contributed by atoms with Crippen molar-refractivity contribution in [3.63, 3.8) is 0 Å². The number of rotatable bonds is 9. The highest BCUT2D eigenvalue weighted by molar-refractivity contribution is 5.94. The van der Waals surface area contributed by atoms with Crippen molar-refractivity contribution in [3.8, 4) is 5.75 Å². The molecule has 1 amide bonds. The van der Waals surface area contributed by atoms with Gasteiger partial charge in [0.05, 0.1) is 32.6 Å². The highest BCUT2D eigenvalue weighted by atomic mass is 16.5. The molecule has 0 heterocycles. The summed E-state index contributed by atoms with van der Waals surface area (Å²) in [5.74, 6) is 0.339. The van der Waals surface area contributed by atoms with Crippen molar-refractivity contribution in [2.75, 3.05) is 58.1 Å². The summed E-state index contributed by atoms with van der Waals surface area (Å²) >= 11 is 0. The number of anilines is 2. The maximum absolute atomic E-state index is 12.1. The first-order valence-corrected chi connectivity index (χ1v) is 6.66. The summed E-state index contributed by atoms with van der Waals surface area (Å²) < 4.78 is 10.2. The van der Waals surface area contributed by atoms with Gasteiger partial charge in [-0.3, -0.25) is 9.69 Å². The van der Waals surface area contributed by atoms with Crippen LogP contribution in [0.2, 0.25) is 0 Å². The molecule has 7 heteroatoms. The van der Waals surface area contributed by atoms with Crippen LogP contribution in [0, 0.1) is 0 Å². The Kier molecular flexibility index (Phi) is 7.52. The first-order chi connectivity index (χ1) is 10.1. The maximum atomic E-state index is 12.1. The van der Waals surface area contributed by atoms with Crippen LogP contribution in [0.4, 0.5) is 11.4 Å². The van der Waals surface area contributed by atoms with Crippen molar-refractivity contribution in [1.29, 1.82) is 0 Å². The smallest absolute Gasteiger partial charge is 0.238 e. The molecule has 0 saturated carbocycles. The standard InChI is InChI=1S/C14H23N3O4/c1-20-8-6-17(5-7-18)10-14(19)16-12-9-11(15)3-4-13(12)21-2/h3-4,9,18H,5-8,10,15H2,1-2H3,(H,16,19). The van der Waals surface area contributed by atoms with Gasteiger partial charge in [-0.1, -0.05) is 0 Å². The maximum Gasteiger partial charge on any atom is 0.238 e. The van der Waals surface area contributed by atoms with Gasteiger partial charge in [-0.2, -0.15) is 0 Å². The molecule has 4 N–H and O–H groups in total. The minimum atomic E-state index is -0.205. The van der Waals surface area contributed by atoms with E-state index in [1.807, 2.05) is 0 Å². The van der Waals surface area contributed by atoms with Gasteiger partial charge >= 0.3 is 0 Å². The summed E-state index contributed by atoms with van der Waals surface area (Å²) in [7, 11) is 3.12. The SMILES string of the molecule is COCCN(CCO)CC(=O)Nc1cc(N)ccc1OC. The molecule has 0 bridgehead atoms. The predicted molar refractivity (Wildman–Crippen MR) is 81.4 cm³/mol. The van der Waals surface area contributed by atoms with Gasteiger partial charge in [0.2, 0.25) is 5.91 Å². The average molecular weight is 297 g/mol. The third kappa shape index (κ3) is 5.99. The molecule has 7 nitrogen and oxygen atoms in total. The zero-order valence-corrected chi connectivity index (χ0v) is 12.5. The Hall–Kier alpha value is -1.83. The highest BCUT2D eigenvalue weighted by Crippen LogP contribution is 2.26. The number of nitrogens with zero attached hydrogens (tertiary/aromatic N) is 1. The lowest BCUT2D eigenvalue weighted by Crippen LogP contribution is -2.37. The molecule has 0 aliphatic carbocycles. The Bertz CT molecular complexity index is 454. The second-order valence-corrected chi connectivity index (χ2v) is 4.50. The van der Waals surface area contributed by atoms with Gasteiger partial charge in [0, 0.05) is 25.9 Å². The largest absolute Gasteiger partial charge is 0.495 e. The van der Waals surface area contributed by atoms with E-state index in [-0.39, 0.29) is 19.1 Å². The number of nitrogens with two attached hydrogens (primary N) is 1. The molecule has 0 aliphatic rings. The van der Waals surface area contributed by atoms with Crippen molar-refractivity contribution >= 4 is 17.3 Å². The zero-order valence-electron chi connectivity index (χ0n) is 12.5.